The zero-order chi connectivity index (χ0) is 19.9. The number of thiophene rings is 1. The summed E-state index contributed by atoms with van der Waals surface area (Å²) in [7, 11) is 0. The van der Waals surface area contributed by atoms with Crippen LogP contribution in [0.4, 0.5) is 5.69 Å². The summed E-state index contributed by atoms with van der Waals surface area (Å²) in [6, 6.07) is 14.9. The van der Waals surface area contributed by atoms with Gasteiger partial charge < -0.3 is 14.8 Å². The number of nitrogens with one attached hydrogen (secondary N) is 2. The second-order valence-electron chi connectivity index (χ2n) is 5.72. The molecule has 28 heavy (non-hydrogen) atoms. The van der Waals surface area contributed by atoms with Crippen molar-refractivity contribution in [1.82, 2.24) is 5.32 Å². The number of thiocarbonyl (C=S) groups is 1. The molecule has 3 rings (SSSR count). The van der Waals surface area contributed by atoms with Crippen LogP contribution in [0.25, 0.3) is 10.1 Å². The second-order valence-corrected chi connectivity index (χ2v) is 7.56. The number of hydrogen-bond donors (Lipinski definition) is 2. The van der Waals surface area contributed by atoms with Crippen molar-refractivity contribution in [2.24, 2.45) is 0 Å². The van der Waals surface area contributed by atoms with Gasteiger partial charge in [-0.05, 0) is 37.3 Å². The Morgan fingerprint density at radius 1 is 1.18 bits per heavy atom. The first-order chi connectivity index (χ1) is 13.6. The summed E-state index contributed by atoms with van der Waals surface area (Å²) in [6.45, 7) is 3.58. The summed E-state index contributed by atoms with van der Waals surface area (Å²) in [6.07, 6.45) is 0. The molecule has 0 spiro atoms. The summed E-state index contributed by atoms with van der Waals surface area (Å²) in [5, 5.41) is 7.14. The molecule has 0 radical (unpaired) electrons. The molecule has 5 nitrogen and oxygen atoms in total. The predicted octanol–water partition coefficient (Wildman–Crippen LogP) is 5.10. The number of amides is 1. The molecule has 2 aromatic carbocycles. The van der Waals surface area contributed by atoms with Crippen LogP contribution in [0.2, 0.25) is 5.02 Å². The van der Waals surface area contributed by atoms with Gasteiger partial charge >= 0.3 is 0 Å². The predicted molar refractivity (Wildman–Crippen MR) is 119 cm³/mol. The van der Waals surface area contributed by atoms with Crippen molar-refractivity contribution in [3.63, 3.8) is 0 Å². The van der Waals surface area contributed by atoms with Crippen LogP contribution in [0.15, 0.2) is 48.5 Å². The first-order valence-electron chi connectivity index (χ1n) is 8.68. The van der Waals surface area contributed by atoms with Gasteiger partial charge in [0.15, 0.2) is 5.11 Å². The van der Waals surface area contributed by atoms with Crippen molar-refractivity contribution < 1.29 is 14.3 Å². The molecule has 0 bridgehead atoms. The molecule has 1 heterocycles. The highest BCUT2D eigenvalue weighted by molar-refractivity contribution is 7.80. The number of halogens is 1. The van der Waals surface area contributed by atoms with E-state index < -0.39 is 0 Å². The van der Waals surface area contributed by atoms with Crippen LogP contribution in [-0.2, 0) is 4.74 Å². The molecule has 0 aliphatic rings. The van der Waals surface area contributed by atoms with Crippen molar-refractivity contribution in [2.75, 3.05) is 25.1 Å². The van der Waals surface area contributed by atoms with E-state index in [4.69, 9.17) is 33.3 Å². The Hall–Kier alpha value is -2.19. The lowest BCUT2D eigenvalue weighted by Gasteiger charge is -2.11. The fourth-order valence-corrected chi connectivity index (χ4v) is 4.13. The fraction of sp³-hybridized carbons (Fsp3) is 0.200. The average Bonchev–Trinajstić information content (AvgIpc) is 3.03. The molecule has 0 atom stereocenters. The molecule has 0 aliphatic carbocycles. The lowest BCUT2D eigenvalue weighted by atomic mass is 10.2. The first kappa shape index (κ1) is 20.5. The van der Waals surface area contributed by atoms with Crippen LogP contribution in [0.1, 0.15) is 16.6 Å². The Kier molecular flexibility index (Phi) is 7.22. The Bertz CT molecular complexity index is 990. The third-order valence-electron chi connectivity index (χ3n) is 3.76. The van der Waals surface area contributed by atoms with E-state index in [0.717, 1.165) is 10.1 Å². The summed E-state index contributed by atoms with van der Waals surface area (Å²) in [4.78, 5) is 13.0. The number of carbonyl (C=O) groups is 1. The van der Waals surface area contributed by atoms with Crippen LogP contribution in [0.5, 0.6) is 5.75 Å². The van der Waals surface area contributed by atoms with E-state index in [1.54, 1.807) is 6.07 Å². The molecule has 146 valence electrons. The number of benzene rings is 2. The van der Waals surface area contributed by atoms with Gasteiger partial charge in [-0.1, -0.05) is 35.9 Å². The molecule has 3 aromatic rings. The van der Waals surface area contributed by atoms with E-state index in [9.17, 15) is 4.79 Å². The molecule has 2 N–H and O–H groups in total. The van der Waals surface area contributed by atoms with Gasteiger partial charge in [0.2, 0.25) is 0 Å². The second kappa shape index (κ2) is 9.84. The van der Waals surface area contributed by atoms with Crippen LogP contribution in [-0.4, -0.2) is 30.8 Å². The fourth-order valence-electron chi connectivity index (χ4n) is 2.51. The number of ether oxygens (including phenoxy) is 2. The molecule has 0 unspecified atom stereocenters. The first-order valence-corrected chi connectivity index (χ1v) is 10.3. The highest BCUT2D eigenvalue weighted by atomic mass is 35.5. The van der Waals surface area contributed by atoms with Crippen molar-refractivity contribution >= 4 is 61.9 Å². The summed E-state index contributed by atoms with van der Waals surface area (Å²) >= 11 is 12.9. The number of hydrogen-bond acceptors (Lipinski definition) is 5. The standard InChI is InChI=1S/C20H19ClN2O3S2/c1-2-25-10-11-26-14-7-5-6-13(12-14)22-20(27)23-19(24)18-17(21)15-8-3-4-9-16(15)28-18/h3-9,12H,2,10-11H2,1H3,(H2,22,23,24,27). The van der Waals surface area contributed by atoms with Gasteiger partial charge in [0.1, 0.15) is 17.2 Å². The molecule has 0 saturated heterocycles. The van der Waals surface area contributed by atoms with E-state index in [2.05, 4.69) is 10.6 Å². The quantitative estimate of drug-likeness (QED) is 0.400. The van der Waals surface area contributed by atoms with E-state index >= 15 is 0 Å². The zero-order valence-electron chi connectivity index (χ0n) is 15.2. The van der Waals surface area contributed by atoms with Gasteiger partial charge in [-0.15, -0.1) is 11.3 Å². The Morgan fingerprint density at radius 3 is 2.79 bits per heavy atom. The molecule has 1 aromatic heterocycles. The average molecular weight is 435 g/mol. The highest BCUT2D eigenvalue weighted by Crippen LogP contribution is 2.35. The normalized spacial score (nSPS) is 10.6. The Morgan fingerprint density at radius 2 is 2.00 bits per heavy atom. The molecule has 0 saturated carbocycles. The van der Waals surface area contributed by atoms with Gasteiger partial charge in [0.05, 0.1) is 11.6 Å². The van der Waals surface area contributed by atoms with E-state index in [-0.39, 0.29) is 11.0 Å². The third kappa shape index (κ3) is 5.20. The van der Waals surface area contributed by atoms with Gasteiger partial charge in [0.25, 0.3) is 5.91 Å². The van der Waals surface area contributed by atoms with Gasteiger partial charge in [-0.2, -0.15) is 0 Å². The maximum absolute atomic E-state index is 12.6. The summed E-state index contributed by atoms with van der Waals surface area (Å²) < 4.78 is 11.8. The molecular weight excluding hydrogens is 416 g/mol. The molecule has 1 amide bonds. The maximum Gasteiger partial charge on any atom is 0.269 e. The maximum atomic E-state index is 12.6. The minimum Gasteiger partial charge on any atom is -0.491 e. The Balaban J connectivity index is 1.60. The SMILES string of the molecule is CCOCCOc1cccc(NC(=S)NC(=O)c2sc3ccccc3c2Cl)c1. The van der Waals surface area contributed by atoms with Gasteiger partial charge in [-0.25, -0.2) is 0 Å². The van der Waals surface area contributed by atoms with E-state index in [1.165, 1.54) is 11.3 Å². The largest absolute Gasteiger partial charge is 0.491 e. The minimum absolute atomic E-state index is 0.185. The highest BCUT2D eigenvalue weighted by Gasteiger charge is 2.17. The summed E-state index contributed by atoms with van der Waals surface area (Å²) in [5.74, 6) is 0.346. The minimum atomic E-state index is -0.340. The number of fused-ring (bicyclic) bond motifs is 1. The van der Waals surface area contributed by atoms with Crippen LogP contribution in [0, 0.1) is 0 Å². The van der Waals surface area contributed by atoms with Crippen molar-refractivity contribution in [1.29, 1.82) is 0 Å². The van der Waals surface area contributed by atoms with E-state index in [0.29, 0.717) is 41.2 Å². The Labute approximate surface area is 177 Å². The summed E-state index contributed by atoms with van der Waals surface area (Å²) in [5.41, 5.74) is 0.710. The number of rotatable bonds is 7. The van der Waals surface area contributed by atoms with Crippen LogP contribution >= 0.6 is 35.2 Å². The smallest absolute Gasteiger partial charge is 0.269 e. The van der Waals surface area contributed by atoms with Crippen LogP contribution < -0.4 is 15.4 Å². The topological polar surface area (TPSA) is 59.6 Å². The molecule has 8 heteroatoms. The van der Waals surface area contributed by atoms with Gasteiger partial charge in [-0.3, -0.25) is 10.1 Å². The number of carbonyl (C=O) groups excluding carboxylic acids is 1. The lowest BCUT2D eigenvalue weighted by molar-refractivity contribution is 0.0982. The monoisotopic (exact) mass is 434 g/mol. The van der Waals surface area contributed by atoms with Crippen molar-refractivity contribution in [3.8, 4) is 5.75 Å². The van der Waals surface area contributed by atoms with E-state index in [1.807, 2.05) is 49.4 Å². The number of anilines is 1. The van der Waals surface area contributed by atoms with Crippen LogP contribution in [0.3, 0.4) is 0 Å². The zero-order valence-corrected chi connectivity index (χ0v) is 17.5. The van der Waals surface area contributed by atoms with Crippen molar-refractivity contribution in [2.45, 2.75) is 6.92 Å². The molecule has 0 fully saturated rings. The lowest BCUT2D eigenvalue weighted by Crippen LogP contribution is -2.33. The van der Waals surface area contributed by atoms with Gasteiger partial charge in [0, 0.05) is 28.4 Å². The third-order valence-corrected chi connectivity index (χ3v) is 5.64. The molecule has 0 aliphatic heterocycles. The molecular formula is C20H19ClN2O3S2. The van der Waals surface area contributed by atoms with Crippen molar-refractivity contribution in [3.05, 3.63) is 58.4 Å².